The number of aromatic nitrogens is 2. The Hall–Kier alpha value is -3.45. The number of nitrogens with zero attached hydrogens (tertiary/aromatic N) is 1. The van der Waals surface area contributed by atoms with Gasteiger partial charge in [-0.3, -0.25) is 14.6 Å². The summed E-state index contributed by atoms with van der Waals surface area (Å²) in [7, 11) is 0. The van der Waals surface area contributed by atoms with Crippen LogP contribution in [0, 0.1) is 5.92 Å². The van der Waals surface area contributed by atoms with Crippen molar-refractivity contribution in [3.05, 3.63) is 66.1 Å². The highest BCUT2D eigenvalue weighted by atomic mass is 16.3. The molecular weight excluding hydrogens is 380 g/mol. The average Bonchev–Trinajstić information content (AvgIpc) is 3.13. The van der Waals surface area contributed by atoms with Crippen LogP contribution in [0.2, 0.25) is 0 Å². The van der Waals surface area contributed by atoms with Crippen LogP contribution in [0.3, 0.4) is 0 Å². The molecule has 0 spiro atoms. The predicted octanol–water partition coefficient (Wildman–Crippen LogP) is 3.06. The summed E-state index contributed by atoms with van der Waals surface area (Å²) < 4.78 is 0. The largest absolute Gasteiger partial charge is 0.394 e. The summed E-state index contributed by atoms with van der Waals surface area (Å²) in [5.74, 6) is -0.760. The quantitative estimate of drug-likeness (QED) is 0.505. The topological polar surface area (TPSA) is 107 Å². The first-order valence-corrected chi connectivity index (χ1v) is 9.98. The van der Waals surface area contributed by atoms with E-state index in [0.29, 0.717) is 12.0 Å². The Morgan fingerprint density at radius 1 is 1.20 bits per heavy atom. The predicted molar refractivity (Wildman–Crippen MR) is 115 cm³/mol. The van der Waals surface area contributed by atoms with Gasteiger partial charge < -0.3 is 20.7 Å². The molecule has 2 atom stereocenters. The molecule has 0 saturated heterocycles. The zero-order valence-corrected chi connectivity index (χ0v) is 16.7. The van der Waals surface area contributed by atoms with Crippen LogP contribution in [0.5, 0.6) is 0 Å². The standard InChI is InChI=1S/C23H24N4O3/c1-14(13-28)25-23(30)16-11-18-20(19(29)12-16)22(26-17-5-3-2-4-6-17)21(27-18)15-7-9-24-10-8-15/h2-10,14,16,26-28H,11-13H2,1H3,(H,25,30)/t14-,16?/m1/s1. The Bertz CT molecular complexity index is 1050. The fourth-order valence-electron chi connectivity index (χ4n) is 3.77. The van der Waals surface area contributed by atoms with E-state index < -0.39 is 5.92 Å². The lowest BCUT2D eigenvalue weighted by atomic mass is 9.85. The van der Waals surface area contributed by atoms with E-state index in [2.05, 4.69) is 20.6 Å². The van der Waals surface area contributed by atoms with E-state index in [0.717, 1.165) is 28.3 Å². The third-order valence-corrected chi connectivity index (χ3v) is 5.28. The van der Waals surface area contributed by atoms with Gasteiger partial charge in [0.15, 0.2) is 5.78 Å². The molecule has 1 unspecified atom stereocenters. The van der Waals surface area contributed by atoms with Gasteiger partial charge in [-0.2, -0.15) is 0 Å². The maximum absolute atomic E-state index is 13.1. The van der Waals surface area contributed by atoms with Crippen LogP contribution >= 0.6 is 0 Å². The highest BCUT2D eigenvalue weighted by molar-refractivity contribution is 6.09. The maximum Gasteiger partial charge on any atom is 0.224 e. The van der Waals surface area contributed by atoms with Gasteiger partial charge in [-0.1, -0.05) is 18.2 Å². The van der Waals surface area contributed by atoms with Gasteiger partial charge in [0.1, 0.15) is 0 Å². The van der Waals surface area contributed by atoms with E-state index in [1.165, 1.54) is 0 Å². The SMILES string of the molecule is C[C@H](CO)NC(=O)C1CC(=O)c2c([nH]c(-c3ccncc3)c2Nc2ccccc2)C1. The number of pyridine rings is 1. The van der Waals surface area contributed by atoms with Crippen molar-refractivity contribution >= 4 is 23.1 Å². The summed E-state index contributed by atoms with van der Waals surface area (Å²) >= 11 is 0. The summed E-state index contributed by atoms with van der Waals surface area (Å²) in [6.07, 6.45) is 3.97. The van der Waals surface area contributed by atoms with Crippen molar-refractivity contribution in [2.75, 3.05) is 11.9 Å². The fraction of sp³-hybridized carbons (Fsp3) is 0.261. The Kier molecular flexibility index (Phi) is 5.63. The number of amides is 1. The van der Waals surface area contributed by atoms with Crippen LogP contribution in [0.1, 0.15) is 29.4 Å². The second-order valence-corrected chi connectivity index (χ2v) is 7.58. The monoisotopic (exact) mass is 404 g/mol. The number of benzene rings is 1. The van der Waals surface area contributed by atoms with Crippen molar-refractivity contribution in [1.82, 2.24) is 15.3 Å². The lowest BCUT2D eigenvalue weighted by Crippen LogP contribution is -2.41. The Morgan fingerprint density at radius 3 is 2.63 bits per heavy atom. The van der Waals surface area contributed by atoms with Crippen molar-refractivity contribution in [3.8, 4) is 11.3 Å². The minimum atomic E-state index is -0.465. The van der Waals surface area contributed by atoms with E-state index >= 15 is 0 Å². The molecule has 3 aromatic rings. The van der Waals surface area contributed by atoms with Gasteiger partial charge in [-0.05, 0) is 31.2 Å². The van der Waals surface area contributed by atoms with Crippen molar-refractivity contribution in [2.45, 2.75) is 25.8 Å². The summed E-state index contributed by atoms with van der Waals surface area (Å²) in [5, 5.41) is 15.4. The first-order chi connectivity index (χ1) is 14.6. The number of rotatable bonds is 6. The Labute approximate surface area is 174 Å². The lowest BCUT2D eigenvalue weighted by Gasteiger charge is -2.23. The number of fused-ring (bicyclic) bond motifs is 1. The third-order valence-electron chi connectivity index (χ3n) is 5.28. The van der Waals surface area contributed by atoms with Gasteiger partial charge >= 0.3 is 0 Å². The molecule has 1 aromatic carbocycles. The smallest absolute Gasteiger partial charge is 0.224 e. The molecule has 30 heavy (non-hydrogen) atoms. The van der Waals surface area contributed by atoms with Crippen molar-refractivity contribution in [1.29, 1.82) is 0 Å². The van der Waals surface area contributed by atoms with Gasteiger partial charge in [0, 0.05) is 48.2 Å². The second kappa shape index (κ2) is 8.51. The highest BCUT2D eigenvalue weighted by Crippen LogP contribution is 2.39. The minimum absolute atomic E-state index is 0.0805. The molecule has 154 valence electrons. The molecule has 4 N–H and O–H groups in total. The highest BCUT2D eigenvalue weighted by Gasteiger charge is 2.35. The first kappa shape index (κ1) is 19.8. The van der Waals surface area contributed by atoms with Gasteiger partial charge in [-0.15, -0.1) is 0 Å². The number of nitrogens with one attached hydrogen (secondary N) is 3. The van der Waals surface area contributed by atoms with E-state index in [-0.39, 0.29) is 30.8 Å². The number of ketones is 1. The molecule has 2 aromatic heterocycles. The van der Waals surface area contributed by atoms with Crippen molar-refractivity contribution in [2.24, 2.45) is 5.92 Å². The molecule has 0 bridgehead atoms. The molecule has 0 fully saturated rings. The number of H-pyrrole nitrogens is 1. The van der Waals surface area contributed by atoms with Gasteiger partial charge in [-0.25, -0.2) is 0 Å². The molecule has 7 nitrogen and oxygen atoms in total. The number of para-hydroxylation sites is 1. The van der Waals surface area contributed by atoms with Gasteiger partial charge in [0.25, 0.3) is 0 Å². The summed E-state index contributed by atoms with van der Waals surface area (Å²) in [6.45, 7) is 1.59. The number of aliphatic hydroxyl groups excluding tert-OH is 1. The van der Waals surface area contributed by atoms with Crippen molar-refractivity contribution in [3.63, 3.8) is 0 Å². The number of hydrogen-bond donors (Lipinski definition) is 4. The normalized spacial score (nSPS) is 16.6. The Morgan fingerprint density at radius 2 is 1.93 bits per heavy atom. The molecule has 0 radical (unpaired) electrons. The first-order valence-electron chi connectivity index (χ1n) is 9.98. The molecule has 1 aliphatic carbocycles. The molecule has 1 amide bonds. The van der Waals surface area contributed by atoms with Crippen LogP contribution in [-0.4, -0.2) is 39.4 Å². The minimum Gasteiger partial charge on any atom is -0.394 e. The average molecular weight is 404 g/mol. The summed E-state index contributed by atoms with van der Waals surface area (Å²) in [4.78, 5) is 33.1. The third kappa shape index (κ3) is 3.97. The number of hydrogen-bond acceptors (Lipinski definition) is 5. The van der Waals surface area contributed by atoms with E-state index in [9.17, 15) is 14.7 Å². The van der Waals surface area contributed by atoms with Crippen LogP contribution in [0.15, 0.2) is 54.9 Å². The molecule has 4 rings (SSSR count). The van der Waals surface area contributed by atoms with Crippen LogP contribution in [-0.2, 0) is 11.2 Å². The number of aliphatic hydroxyl groups is 1. The number of Topliss-reactive ketones (excluding diaryl/α,β-unsaturated/α-hetero) is 1. The summed E-state index contributed by atoms with van der Waals surface area (Å²) in [6, 6.07) is 13.1. The zero-order chi connectivity index (χ0) is 21.1. The number of carbonyl (C=O) groups excluding carboxylic acids is 2. The molecule has 2 heterocycles. The molecule has 0 saturated carbocycles. The number of anilines is 2. The van der Waals surface area contributed by atoms with E-state index in [1.54, 1.807) is 19.3 Å². The van der Waals surface area contributed by atoms with Gasteiger partial charge in [0.05, 0.1) is 29.5 Å². The zero-order valence-electron chi connectivity index (χ0n) is 16.7. The van der Waals surface area contributed by atoms with Crippen molar-refractivity contribution < 1.29 is 14.7 Å². The fourth-order valence-corrected chi connectivity index (χ4v) is 3.77. The molecule has 0 aliphatic heterocycles. The maximum atomic E-state index is 13.1. The molecule has 7 heteroatoms. The summed E-state index contributed by atoms with van der Waals surface area (Å²) in [5.41, 5.74) is 4.64. The Balaban J connectivity index is 1.72. The van der Waals surface area contributed by atoms with E-state index in [4.69, 9.17) is 0 Å². The number of aromatic amines is 1. The van der Waals surface area contributed by atoms with Crippen LogP contribution in [0.25, 0.3) is 11.3 Å². The van der Waals surface area contributed by atoms with Crippen LogP contribution in [0.4, 0.5) is 11.4 Å². The van der Waals surface area contributed by atoms with Crippen LogP contribution < -0.4 is 10.6 Å². The van der Waals surface area contributed by atoms with Gasteiger partial charge in [0.2, 0.25) is 5.91 Å². The number of carbonyl (C=O) groups is 2. The lowest BCUT2D eigenvalue weighted by molar-refractivity contribution is -0.126. The molecular formula is C23H24N4O3. The second-order valence-electron chi connectivity index (χ2n) is 7.58. The molecule has 1 aliphatic rings. The van der Waals surface area contributed by atoms with E-state index in [1.807, 2.05) is 42.5 Å².